The molecule has 17 heavy (non-hydrogen) atoms. The predicted octanol–water partition coefficient (Wildman–Crippen LogP) is 1.11. The molecule has 0 saturated heterocycles. The normalized spacial score (nSPS) is 15.0. The van der Waals surface area contributed by atoms with E-state index in [0.717, 1.165) is 12.0 Å². The average molecular weight is 235 g/mol. The number of fused-ring (bicyclic) bond motifs is 1. The Kier molecular flexibility index (Phi) is 3.31. The zero-order chi connectivity index (χ0) is 12.4. The molecule has 0 saturated carbocycles. The Balaban J connectivity index is 2.26. The van der Waals surface area contributed by atoms with Gasteiger partial charge in [0.05, 0.1) is 5.52 Å². The lowest BCUT2D eigenvalue weighted by atomic mass is 9.96. The van der Waals surface area contributed by atoms with E-state index in [1.807, 2.05) is 12.1 Å². The van der Waals surface area contributed by atoms with E-state index in [9.17, 15) is 4.79 Å². The molecule has 0 radical (unpaired) electrons. The van der Waals surface area contributed by atoms with Gasteiger partial charge in [0.1, 0.15) is 0 Å². The molecule has 0 spiro atoms. The van der Waals surface area contributed by atoms with Crippen LogP contribution in [-0.2, 0) is 0 Å². The number of hydrogen-bond donors (Lipinski definition) is 3. The highest BCUT2D eigenvalue weighted by molar-refractivity contribution is 5.72. The minimum absolute atomic E-state index is 0.0728. The van der Waals surface area contributed by atoms with Crippen molar-refractivity contribution in [3.63, 3.8) is 0 Å². The molecule has 2 atom stereocenters. The van der Waals surface area contributed by atoms with Crippen LogP contribution in [-0.4, -0.2) is 11.5 Å². The molecule has 92 valence electrons. The van der Waals surface area contributed by atoms with Crippen LogP contribution in [0.15, 0.2) is 27.4 Å². The number of benzene rings is 1. The van der Waals surface area contributed by atoms with Gasteiger partial charge in [-0.3, -0.25) is 4.98 Å². The highest BCUT2D eigenvalue weighted by Crippen LogP contribution is 2.21. The third-order valence-electron chi connectivity index (χ3n) is 2.93. The monoisotopic (exact) mass is 235 g/mol. The number of rotatable bonds is 4. The van der Waals surface area contributed by atoms with Crippen LogP contribution < -0.4 is 17.2 Å². The van der Waals surface area contributed by atoms with Gasteiger partial charge in [0.2, 0.25) is 0 Å². The quantitative estimate of drug-likeness (QED) is 0.739. The van der Waals surface area contributed by atoms with E-state index < -0.39 is 5.76 Å². The van der Waals surface area contributed by atoms with Crippen molar-refractivity contribution < 1.29 is 4.42 Å². The van der Waals surface area contributed by atoms with Gasteiger partial charge in [-0.2, -0.15) is 0 Å². The third kappa shape index (κ3) is 2.57. The first kappa shape index (κ1) is 11.9. The summed E-state index contributed by atoms with van der Waals surface area (Å²) in [5.41, 5.74) is 13.9. The van der Waals surface area contributed by atoms with Crippen molar-refractivity contribution in [2.45, 2.75) is 19.4 Å². The summed E-state index contributed by atoms with van der Waals surface area (Å²) in [7, 11) is 0. The lowest BCUT2D eigenvalue weighted by Crippen LogP contribution is -2.19. The van der Waals surface area contributed by atoms with E-state index in [1.165, 1.54) is 0 Å². The van der Waals surface area contributed by atoms with Crippen LogP contribution >= 0.6 is 0 Å². The molecule has 1 aromatic carbocycles. The van der Waals surface area contributed by atoms with Gasteiger partial charge in [-0.25, -0.2) is 4.79 Å². The summed E-state index contributed by atoms with van der Waals surface area (Å²) in [6.45, 7) is 2.69. The van der Waals surface area contributed by atoms with E-state index >= 15 is 0 Å². The predicted molar refractivity (Wildman–Crippen MR) is 66.6 cm³/mol. The van der Waals surface area contributed by atoms with E-state index in [2.05, 4.69) is 11.9 Å². The molecule has 2 aromatic rings. The Morgan fingerprint density at radius 3 is 2.94 bits per heavy atom. The van der Waals surface area contributed by atoms with Gasteiger partial charge in [-0.05, 0) is 36.6 Å². The van der Waals surface area contributed by atoms with Crippen LogP contribution in [0.4, 0.5) is 0 Å². The first-order chi connectivity index (χ1) is 8.10. The minimum Gasteiger partial charge on any atom is -0.408 e. The summed E-state index contributed by atoms with van der Waals surface area (Å²) < 4.78 is 4.93. The zero-order valence-corrected chi connectivity index (χ0v) is 9.77. The number of oxazole rings is 1. The molecule has 5 N–H and O–H groups in total. The largest absolute Gasteiger partial charge is 0.417 e. The van der Waals surface area contributed by atoms with E-state index in [0.29, 0.717) is 23.6 Å². The minimum atomic E-state index is -0.443. The van der Waals surface area contributed by atoms with Crippen LogP contribution in [0.1, 0.15) is 24.9 Å². The highest BCUT2D eigenvalue weighted by Gasteiger charge is 2.11. The first-order valence-electron chi connectivity index (χ1n) is 5.68. The fourth-order valence-electron chi connectivity index (χ4n) is 1.87. The summed E-state index contributed by atoms with van der Waals surface area (Å²) in [6.07, 6.45) is 0.824. The van der Waals surface area contributed by atoms with Gasteiger partial charge in [0.25, 0.3) is 0 Å². The van der Waals surface area contributed by atoms with Crippen molar-refractivity contribution in [2.75, 3.05) is 6.54 Å². The lowest BCUT2D eigenvalue weighted by molar-refractivity contribution is 0.482. The molecule has 2 rings (SSSR count). The van der Waals surface area contributed by atoms with Gasteiger partial charge in [-0.1, -0.05) is 13.0 Å². The van der Waals surface area contributed by atoms with Crippen LogP contribution in [0.2, 0.25) is 0 Å². The Bertz CT molecular complexity index is 558. The topological polar surface area (TPSA) is 98.0 Å². The first-order valence-corrected chi connectivity index (χ1v) is 5.68. The molecular formula is C12H17N3O2. The Labute approximate surface area is 98.8 Å². The Morgan fingerprint density at radius 1 is 1.47 bits per heavy atom. The Hall–Kier alpha value is -1.59. The second-order valence-electron chi connectivity index (χ2n) is 4.45. The SMILES string of the molecule is CC(CN)CC(N)c1ccc2oc(=O)[nH]c2c1. The smallest absolute Gasteiger partial charge is 0.408 e. The number of nitrogens with one attached hydrogen (secondary N) is 1. The second-order valence-corrected chi connectivity index (χ2v) is 4.45. The molecule has 0 fully saturated rings. The van der Waals surface area contributed by atoms with Crippen molar-refractivity contribution in [1.82, 2.24) is 4.98 Å². The van der Waals surface area contributed by atoms with Crippen molar-refractivity contribution >= 4 is 11.1 Å². The van der Waals surface area contributed by atoms with Crippen molar-refractivity contribution in [2.24, 2.45) is 17.4 Å². The van der Waals surface area contributed by atoms with Gasteiger partial charge in [-0.15, -0.1) is 0 Å². The molecule has 0 aliphatic rings. The van der Waals surface area contributed by atoms with E-state index in [1.54, 1.807) is 6.07 Å². The fourth-order valence-corrected chi connectivity index (χ4v) is 1.87. The summed E-state index contributed by atoms with van der Waals surface area (Å²) in [4.78, 5) is 13.6. The highest BCUT2D eigenvalue weighted by atomic mass is 16.4. The van der Waals surface area contributed by atoms with Gasteiger partial charge in [0, 0.05) is 6.04 Å². The van der Waals surface area contributed by atoms with Crippen LogP contribution in [0.25, 0.3) is 11.1 Å². The van der Waals surface area contributed by atoms with Gasteiger partial charge in [0.15, 0.2) is 5.58 Å². The van der Waals surface area contributed by atoms with Gasteiger partial charge >= 0.3 is 5.76 Å². The molecule has 1 heterocycles. The second kappa shape index (κ2) is 4.73. The molecule has 5 heteroatoms. The van der Waals surface area contributed by atoms with Crippen molar-refractivity contribution in [1.29, 1.82) is 0 Å². The lowest BCUT2D eigenvalue weighted by Gasteiger charge is -2.15. The zero-order valence-electron chi connectivity index (χ0n) is 9.77. The summed E-state index contributed by atoms with van der Waals surface area (Å²) in [6, 6.07) is 5.42. The maximum Gasteiger partial charge on any atom is 0.417 e. The number of hydrogen-bond acceptors (Lipinski definition) is 4. The Morgan fingerprint density at radius 2 is 2.24 bits per heavy atom. The number of nitrogens with two attached hydrogens (primary N) is 2. The molecule has 0 aliphatic carbocycles. The van der Waals surface area contributed by atoms with Crippen LogP contribution in [0.3, 0.4) is 0 Å². The van der Waals surface area contributed by atoms with Gasteiger partial charge < -0.3 is 15.9 Å². The summed E-state index contributed by atoms with van der Waals surface area (Å²) in [5.74, 6) is -0.0647. The summed E-state index contributed by atoms with van der Waals surface area (Å²) in [5, 5.41) is 0. The van der Waals surface area contributed by atoms with E-state index in [-0.39, 0.29) is 6.04 Å². The standard InChI is InChI=1S/C12H17N3O2/c1-7(6-13)4-9(14)8-2-3-11-10(5-8)15-12(16)17-11/h2-3,5,7,9H,4,6,13-14H2,1H3,(H,15,16). The number of aromatic nitrogens is 1. The molecule has 5 nitrogen and oxygen atoms in total. The molecule has 0 aliphatic heterocycles. The molecule has 1 aromatic heterocycles. The molecule has 0 amide bonds. The maximum atomic E-state index is 11.0. The molecule has 0 bridgehead atoms. The van der Waals surface area contributed by atoms with Crippen molar-refractivity contribution in [3.05, 3.63) is 34.3 Å². The molecular weight excluding hydrogens is 218 g/mol. The number of aromatic amines is 1. The van der Waals surface area contributed by atoms with Crippen LogP contribution in [0.5, 0.6) is 0 Å². The van der Waals surface area contributed by atoms with Crippen molar-refractivity contribution in [3.8, 4) is 0 Å². The average Bonchev–Trinajstić information content (AvgIpc) is 2.67. The van der Waals surface area contributed by atoms with E-state index in [4.69, 9.17) is 15.9 Å². The maximum absolute atomic E-state index is 11.0. The van der Waals surface area contributed by atoms with Crippen LogP contribution in [0, 0.1) is 5.92 Å². The summed E-state index contributed by atoms with van der Waals surface area (Å²) >= 11 is 0. The molecule has 2 unspecified atom stereocenters. The fraction of sp³-hybridized carbons (Fsp3) is 0.417. The third-order valence-corrected chi connectivity index (χ3v) is 2.93. The number of H-pyrrole nitrogens is 1.